The van der Waals surface area contributed by atoms with Crippen LogP contribution in [0.3, 0.4) is 0 Å². The first-order chi connectivity index (χ1) is 8.63. The molecule has 0 radical (unpaired) electrons. The van der Waals surface area contributed by atoms with Crippen LogP contribution in [0.1, 0.15) is 17.9 Å². The lowest BCUT2D eigenvalue weighted by Gasteiger charge is -2.17. The van der Waals surface area contributed by atoms with Crippen molar-refractivity contribution < 1.29 is 19.4 Å². The Morgan fingerprint density at radius 1 is 1.44 bits per heavy atom. The van der Waals surface area contributed by atoms with E-state index in [1.807, 2.05) is 24.3 Å². The molecule has 1 aliphatic heterocycles. The minimum atomic E-state index is -0.851. The summed E-state index contributed by atoms with van der Waals surface area (Å²) in [5.74, 6) is -1.13. The summed E-state index contributed by atoms with van der Waals surface area (Å²) >= 11 is 0. The number of carboxylic acids is 1. The number of fused-ring (bicyclic) bond motifs is 1. The van der Waals surface area contributed by atoms with Gasteiger partial charge in [0, 0.05) is 25.3 Å². The summed E-state index contributed by atoms with van der Waals surface area (Å²) in [5, 5.41) is 8.90. The van der Waals surface area contributed by atoms with Crippen LogP contribution >= 0.6 is 0 Å². The number of amides is 1. The van der Waals surface area contributed by atoms with Crippen LogP contribution in [0, 0.1) is 0 Å². The highest BCUT2D eigenvalue weighted by atomic mass is 16.5. The average molecular weight is 249 g/mol. The van der Waals surface area contributed by atoms with E-state index < -0.39 is 5.97 Å². The van der Waals surface area contributed by atoms with Gasteiger partial charge in [0.2, 0.25) is 0 Å². The molecule has 1 unspecified atom stereocenters. The first-order valence-corrected chi connectivity index (χ1v) is 5.73. The Balaban J connectivity index is 2.27. The molecule has 0 saturated carbocycles. The number of ether oxygens (including phenoxy) is 1. The molecule has 0 aromatic heterocycles. The minimum Gasteiger partial charge on any atom is -0.481 e. The average Bonchev–Trinajstić information content (AvgIpc) is 2.68. The van der Waals surface area contributed by atoms with Crippen molar-refractivity contribution in [1.29, 1.82) is 0 Å². The maximum atomic E-state index is 11.9. The lowest BCUT2D eigenvalue weighted by molar-refractivity contribution is -0.137. The zero-order chi connectivity index (χ0) is 13.1. The smallest absolute Gasteiger partial charge is 0.304 e. The predicted octanol–water partition coefficient (Wildman–Crippen LogP) is 1.24. The second-order valence-corrected chi connectivity index (χ2v) is 4.29. The SMILES string of the molecule is COCC(=O)N1CC(CC(=O)O)c2ccccc21. The van der Waals surface area contributed by atoms with E-state index in [-0.39, 0.29) is 24.9 Å². The van der Waals surface area contributed by atoms with Gasteiger partial charge in [0.05, 0.1) is 6.42 Å². The molecule has 0 spiro atoms. The number of nitrogens with zero attached hydrogens (tertiary/aromatic N) is 1. The molecule has 1 N–H and O–H groups in total. The van der Waals surface area contributed by atoms with E-state index in [4.69, 9.17) is 9.84 Å². The molecule has 1 aromatic carbocycles. The lowest BCUT2D eigenvalue weighted by Crippen LogP contribution is -2.33. The summed E-state index contributed by atoms with van der Waals surface area (Å²) in [4.78, 5) is 24.3. The summed E-state index contributed by atoms with van der Waals surface area (Å²) in [6, 6.07) is 7.42. The molecule has 1 heterocycles. The monoisotopic (exact) mass is 249 g/mol. The topological polar surface area (TPSA) is 66.8 Å². The largest absolute Gasteiger partial charge is 0.481 e. The number of carboxylic acid groups (broad SMARTS) is 1. The van der Waals surface area contributed by atoms with Crippen LogP contribution in [0.25, 0.3) is 0 Å². The van der Waals surface area contributed by atoms with Gasteiger partial charge in [-0.2, -0.15) is 0 Å². The fourth-order valence-corrected chi connectivity index (χ4v) is 2.32. The van der Waals surface area contributed by atoms with Gasteiger partial charge in [-0.1, -0.05) is 18.2 Å². The van der Waals surface area contributed by atoms with Crippen molar-refractivity contribution in [1.82, 2.24) is 0 Å². The first kappa shape index (κ1) is 12.6. The van der Waals surface area contributed by atoms with E-state index in [1.165, 1.54) is 7.11 Å². The van der Waals surface area contributed by atoms with Gasteiger partial charge >= 0.3 is 5.97 Å². The Morgan fingerprint density at radius 3 is 2.83 bits per heavy atom. The number of methoxy groups -OCH3 is 1. The molecule has 96 valence electrons. The minimum absolute atomic E-state index is 0.00806. The van der Waals surface area contributed by atoms with Crippen molar-refractivity contribution in [3.8, 4) is 0 Å². The Labute approximate surface area is 105 Å². The van der Waals surface area contributed by atoms with Gasteiger partial charge < -0.3 is 14.7 Å². The summed E-state index contributed by atoms with van der Waals surface area (Å²) in [6.45, 7) is 0.419. The third-order valence-electron chi connectivity index (χ3n) is 3.06. The number of aliphatic carboxylic acids is 1. The highest BCUT2D eigenvalue weighted by molar-refractivity contribution is 5.97. The van der Waals surface area contributed by atoms with E-state index >= 15 is 0 Å². The van der Waals surface area contributed by atoms with E-state index in [0.717, 1.165) is 11.3 Å². The Bertz CT molecular complexity index is 472. The standard InChI is InChI=1S/C13H15NO4/c1-18-8-12(15)14-7-9(6-13(16)17)10-4-2-3-5-11(10)14/h2-5,9H,6-8H2,1H3,(H,16,17). The molecule has 1 atom stereocenters. The number of hydrogen-bond acceptors (Lipinski definition) is 3. The van der Waals surface area contributed by atoms with E-state index in [9.17, 15) is 9.59 Å². The fourth-order valence-electron chi connectivity index (χ4n) is 2.32. The Morgan fingerprint density at radius 2 is 2.17 bits per heavy atom. The van der Waals surface area contributed by atoms with Crippen LogP contribution in [0.15, 0.2) is 24.3 Å². The van der Waals surface area contributed by atoms with Gasteiger partial charge in [-0.3, -0.25) is 9.59 Å². The van der Waals surface area contributed by atoms with Crippen molar-refractivity contribution in [2.75, 3.05) is 25.2 Å². The Hall–Kier alpha value is -1.88. The van der Waals surface area contributed by atoms with E-state index in [1.54, 1.807) is 4.90 Å². The number of hydrogen-bond donors (Lipinski definition) is 1. The number of carbonyl (C=O) groups excluding carboxylic acids is 1. The van der Waals surface area contributed by atoms with Crippen molar-refractivity contribution >= 4 is 17.6 Å². The van der Waals surface area contributed by atoms with Gasteiger partial charge in [0.25, 0.3) is 5.91 Å². The molecule has 18 heavy (non-hydrogen) atoms. The number of para-hydroxylation sites is 1. The van der Waals surface area contributed by atoms with Crippen molar-refractivity contribution in [3.05, 3.63) is 29.8 Å². The summed E-state index contributed by atoms with van der Waals surface area (Å²) < 4.78 is 4.84. The second kappa shape index (κ2) is 5.18. The second-order valence-electron chi connectivity index (χ2n) is 4.29. The Kier molecular flexibility index (Phi) is 3.62. The summed E-state index contributed by atoms with van der Waals surface area (Å²) in [5.41, 5.74) is 1.72. The third kappa shape index (κ3) is 2.36. The normalized spacial score (nSPS) is 17.6. The molecule has 2 rings (SSSR count). The van der Waals surface area contributed by atoms with Crippen LogP contribution in [-0.4, -0.2) is 37.2 Å². The molecule has 1 aromatic rings. The highest BCUT2D eigenvalue weighted by Gasteiger charge is 2.32. The zero-order valence-corrected chi connectivity index (χ0v) is 10.1. The highest BCUT2D eigenvalue weighted by Crippen LogP contribution is 2.37. The zero-order valence-electron chi connectivity index (χ0n) is 10.1. The van der Waals surface area contributed by atoms with Crippen LogP contribution in [-0.2, 0) is 14.3 Å². The molecule has 1 amide bonds. The fraction of sp³-hybridized carbons (Fsp3) is 0.385. The molecular formula is C13H15NO4. The first-order valence-electron chi connectivity index (χ1n) is 5.73. The molecular weight excluding hydrogens is 234 g/mol. The van der Waals surface area contributed by atoms with Crippen LogP contribution in [0.5, 0.6) is 0 Å². The number of rotatable bonds is 4. The van der Waals surface area contributed by atoms with Crippen LogP contribution in [0.4, 0.5) is 5.69 Å². The molecule has 5 nitrogen and oxygen atoms in total. The van der Waals surface area contributed by atoms with Gasteiger partial charge in [-0.15, -0.1) is 0 Å². The van der Waals surface area contributed by atoms with E-state index in [2.05, 4.69) is 0 Å². The summed E-state index contributed by atoms with van der Waals surface area (Å²) in [7, 11) is 1.47. The molecule has 0 aliphatic carbocycles. The molecule has 0 fully saturated rings. The maximum Gasteiger partial charge on any atom is 0.304 e. The molecule has 5 heteroatoms. The van der Waals surface area contributed by atoms with Gasteiger partial charge in [0.15, 0.2) is 0 Å². The lowest BCUT2D eigenvalue weighted by atomic mass is 9.98. The third-order valence-corrected chi connectivity index (χ3v) is 3.06. The quantitative estimate of drug-likeness (QED) is 0.871. The van der Waals surface area contributed by atoms with E-state index in [0.29, 0.717) is 6.54 Å². The number of anilines is 1. The summed E-state index contributed by atoms with van der Waals surface area (Å²) in [6.07, 6.45) is 0.0355. The van der Waals surface area contributed by atoms with Gasteiger partial charge in [0.1, 0.15) is 6.61 Å². The van der Waals surface area contributed by atoms with Crippen LogP contribution < -0.4 is 4.90 Å². The number of carbonyl (C=O) groups is 2. The van der Waals surface area contributed by atoms with Crippen LogP contribution in [0.2, 0.25) is 0 Å². The molecule has 0 bridgehead atoms. The predicted molar refractivity (Wildman–Crippen MR) is 65.7 cm³/mol. The van der Waals surface area contributed by atoms with Crippen molar-refractivity contribution in [3.63, 3.8) is 0 Å². The van der Waals surface area contributed by atoms with Crippen molar-refractivity contribution in [2.45, 2.75) is 12.3 Å². The number of benzene rings is 1. The van der Waals surface area contributed by atoms with Gasteiger partial charge in [-0.05, 0) is 11.6 Å². The molecule has 1 aliphatic rings. The molecule has 0 saturated heterocycles. The maximum absolute atomic E-state index is 11.9. The van der Waals surface area contributed by atoms with Crippen molar-refractivity contribution in [2.24, 2.45) is 0 Å². The van der Waals surface area contributed by atoms with Gasteiger partial charge in [-0.25, -0.2) is 0 Å².